The van der Waals surface area contributed by atoms with Crippen molar-refractivity contribution in [1.29, 1.82) is 0 Å². The fourth-order valence-electron chi connectivity index (χ4n) is 3.92. The summed E-state index contributed by atoms with van der Waals surface area (Å²) in [6.45, 7) is 0.254. The number of nitrogens with one attached hydrogen (secondary N) is 2. The monoisotopic (exact) mass is 490 g/mol. The third-order valence-corrected chi connectivity index (χ3v) is 5.72. The number of hydrogen-bond donors (Lipinski definition) is 2. The number of para-hydroxylation sites is 2. The molecular weight excluding hydrogens is 472 g/mol. The Morgan fingerprint density at radius 2 is 1.86 bits per heavy atom. The summed E-state index contributed by atoms with van der Waals surface area (Å²) in [7, 11) is 0. The molecule has 0 spiro atoms. The second-order valence-corrected chi connectivity index (χ2v) is 8.17. The van der Waals surface area contributed by atoms with Gasteiger partial charge in [-0.1, -0.05) is 36.4 Å². The van der Waals surface area contributed by atoms with Gasteiger partial charge in [-0.25, -0.2) is 10.1 Å². The van der Waals surface area contributed by atoms with Crippen LogP contribution in [0.3, 0.4) is 0 Å². The number of fused-ring (bicyclic) bond motifs is 2. The Hall–Kier alpha value is -5.38. The molecular formula is C27H18N6O4. The molecule has 0 aliphatic rings. The Labute approximate surface area is 208 Å². The lowest BCUT2D eigenvalue weighted by molar-refractivity contribution is 0.102. The molecule has 3 aromatic carbocycles. The highest BCUT2D eigenvalue weighted by molar-refractivity contribution is 6.08. The molecule has 0 bridgehead atoms. The van der Waals surface area contributed by atoms with Crippen LogP contribution in [0.4, 0.5) is 5.69 Å². The van der Waals surface area contributed by atoms with Gasteiger partial charge in [-0.05, 0) is 52.9 Å². The number of benzene rings is 3. The Kier molecular flexibility index (Phi) is 5.58. The zero-order valence-electron chi connectivity index (χ0n) is 19.2. The van der Waals surface area contributed by atoms with Crippen molar-refractivity contribution in [2.75, 3.05) is 5.32 Å². The van der Waals surface area contributed by atoms with E-state index < -0.39 is 5.91 Å². The van der Waals surface area contributed by atoms with Gasteiger partial charge in [-0.2, -0.15) is 0 Å². The van der Waals surface area contributed by atoms with Crippen LogP contribution >= 0.6 is 0 Å². The number of aromatic nitrogens is 5. The molecule has 2 N–H and O–H groups in total. The summed E-state index contributed by atoms with van der Waals surface area (Å²) in [5, 5.41) is 17.5. The summed E-state index contributed by atoms with van der Waals surface area (Å²) in [4.78, 5) is 30.3. The number of carbonyl (C=O) groups excluding carboxylic acids is 1. The predicted molar refractivity (Wildman–Crippen MR) is 136 cm³/mol. The Morgan fingerprint density at radius 3 is 2.76 bits per heavy atom. The van der Waals surface area contributed by atoms with Gasteiger partial charge in [0.1, 0.15) is 12.4 Å². The van der Waals surface area contributed by atoms with Gasteiger partial charge in [0.05, 0.1) is 22.3 Å². The highest BCUT2D eigenvalue weighted by Gasteiger charge is 2.15. The molecule has 3 aromatic heterocycles. The highest BCUT2D eigenvalue weighted by Crippen LogP contribution is 2.26. The molecule has 0 saturated carbocycles. The minimum absolute atomic E-state index is 0.155. The molecule has 0 unspecified atom stereocenters. The highest BCUT2D eigenvalue weighted by atomic mass is 16.5. The van der Waals surface area contributed by atoms with Crippen LogP contribution in [0.2, 0.25) is 0 Å². The van der Waals surface area contributed by atoms with Crippen LogP contribution < -0.4 is 15.5 Å². The number of amides is 1. The van der Waals surface area contributed by atoms with Gasteiger partial charge >= 0.3 is 0 Å². The number of carbonyl (C=O) groups is 1. The minimum Gasteiger partial charge on any atom is -0.487 e. The van der Waals surface area contributed by atoms with E-state index >= 15 is 0 Å². The van der Waals surface area contributed by atoms with Crippen LogP contribution in [0.1, 0.15) is 16.1 Å². The van der Waals surface area contributed by atoms with Gasteiger partial charge in [0.25, 0.3) is 5.91 Å². The molecule has 37 heavy (non-hydrogen) atoms. The first-order chi connectivity index (χ1) is 18.1. The van der Waals surface area contributed by atoms with Crippen molar-refractivity contribution in [3.63, 3.8) is 0 Å². The second kappa shape index (κ2) is 9.34. The first kappa shape index (κ1) is 22.1. The summed E-state index contributed by atoms with van der Waals surface area (Å²) >= 11 is 0. The zero-order valence-corrected chi connectivity index (χ0v) is 19.2. The van der Waals surface area contributed by atoms with E-state index in [9.17, 15) is 9.59 Å². The molecule has 3 heterocycles. The quantitative estimate of drug-likeness (QED) is 0.352. The van der Waals surface area contributed by atoms with E-state index in [-0.39, 0.29) is 29.2 Å². The minimum atomic E-state index is -0.392. The van der Waals surface area contributed by atoms with E-state index in [1.54, 1.807) is 42.5 Å². The summed E-state index contributed by atoms with van der Waals surface area (Å²) in [5.74, 6) is 0.483. The van der Waals surface area contributed by atoms with Crippen LogP contribution in [0, 0.1) is 0 Å². The topological polar surface area (TPSA) is 136 Å². The number of ether oxygens (including phenoxy) is 1. The number of rotatable bonds is 6. The number of anilines is 1. The molecule has 0 saturated heterocycles. The fraction of sp³-hybridized carbons (Fsp3) is 0.0370. The SMILES string of the molecule is O=C(Nc1cccc2c(=O)cc(-c3nnn[nH]3)oc12)c1cccc(OCc2ccc3ccccc3n2)c1. The fourth-order valence-corrected chi connectivity index (χ4v) is 3.92. The lowest BCUT2D eigenvalue weighted by Crippen LogP contribution is -2.13. The molecule has 180 valence electrons. The van der Waals surface area contributed by atoms with Gasteiger partial charge in [0.2, 0.25) is 5.82 Å². The van der Waals surface area contributed by atoms with Crippen LogP contribution in [-0.2, 0) is 6.61 Å². The van der Waals surface area contributed by atoms with Crippen molar-refractivity contribution in [3.05, 3.63) is 106 Å². The van der Waals surface area contributed by atoms with E-state index in [1.165, 1.54) is 6.07 Å². The molecule has 10 heteroatoms. The molecule has 0 fully saturated rings. The predicted octanol–water partition coefficient (Wildman–Crippen LogP) is 4.35. The van der Waals surface area contributed by atoms with Gasteiger partial charge in [0, 0.05) is 17.0 Å². The smallest absolute Gasteiger partial charge is 0.255 e. The van der Waals surface area contributed by atoms with Gasteiger partial charge in [-0.3, -0.25) is 9.59 Å². The largest absolute Gasteiger partial charge is 0.487 e. The van der Waals surface area contributed by atoms with Crippen molar-refractivity contribution in [2.45, 2.75) is 6.61 Å². The van der Waals surface area contributed by atoms with Crippen molar-refractivity contribution < 1.29 is 13.9 Å². The third kappa shape index (κ3) is 4.50. The molecule has 0 aliphatic carbocycles. The van der Waals surface area contributed by atoms with Crippen LogP contribution in [0.5, 0.6) is 5.75 Å². The van der Waals surface area contributed by atoms with E-state index in [0.29, 0.717) is 22.4 Å². The number of tetrazole rings is 1. The van der Waals surface area contributed by atoms with E-state index in [2.05, 4.69) is 30.9 Å². The first-order valence-electron chi connectivity index (χ1n) is 11.3. The van der Waals surface area contributed by atoms with E-state index in [0.717, 1.165) is 16.6 Å². The van der Waals surface area contributed by atoms with Crippen molar-refractivity contribution in [1.82, 2.24) is 25.6 Å². The number of aromatic amines is 1. The lowest BCUT2D eigenvalue weighted by Gasteiger charge is -2.10. The third-order valence-electron chi connectivity index (χ3n) is 5.72. The maximum absolute atomic E-state index is 13.1. The van der Waals surface area contributed by atoms with Crippen molar-refractivity contribution in [3.8, 4) is 17.3 Å². The maximum Gasteiger partial charge on any atom is 0.255 e. The van der Waals surface area contributed by atoms with Gasteiger partial charge < -0.3 is 14.5 Å². The van der Waals surface area contributed by atoms with Crippen LogP contribution in [-0.4, -0.2) is 31.5 Å². The van der Waals surface area contributed by atoms with Gasteiger partial charge in [-0.15, -0.1) is 5.10 Å². The summed E-state index contributed by atoms with van der Waals surface area (Å²) in [6.07, 6.45) is 0. The molecule has 10 nitrogen and oxygen atoms in total. The average Bonchev–Trinajstić information content (AvgIpc) is 3.48. The normalized spacial score (nSPS) is 11.0. The summed E-state index contributed by atoms with van der Waals surface area (Å²) < 4.78 is 11.8. The maximum atomic E-state index is 13.1. The molecule has 6 aromatic rings. The number of nitrogens with zero attached hydrogens (tertiary/aromatic N) is 4. The standard InChI is InChI=1S/C27H18N6O4/c34-23-14-24(26-30-32-33-31-26)37-25-20(23)8-4-10-22(25)29-27(35)17-6-3-7-19(13-17)36-15-18-12-11-16-5-1-2-9-21(16)28-18/h1-14H,15H2,(H,29,35)(H,30,31,32,33). The van der Waals surface area contributed by atoms with Crippen LogP contribution in [0.25, 0.3) is 33.5 Å². The molecule has 0 radical (unpaired) electrons. The molecule has 6 rings (SSSR count). The number of pyridine rings is 1. The summed E-state index contributed by atoms with van der Waals surface area (Å²) in [5.41, 5.74) is 2.30. The first-order valence-corrected chi connectivity index (χ1v) is 11.3. The molecule has 1 amide bonds. The Bertz CT molecular complexity index is 1810. The van der Waals surface area contributed by atoms with Crippen molar-refractivity contribution >= 4 is 33.5 Å². The van der Waals surface area contributed by atoms with Gasteiger partial charge in [0.15, 0.2) is 16.8 Å². The average molecular weight is 490 g/mol. The Morgan fingerprint density at radius 1 is 0.973 bits per heavy atom. The Balaban J connectivity index is 1.23. The zero-order chi connectivity index (χ0) is 25.2. The molecule has 0 aliphatic heterocycles. The van der Waals surface area contributed by atoms with E-state index in [4.69, 9.17) is 9.15 Å². The summed E-state index contributed by atoms with van der Waals surface area (Å²) in [6, 6.07) is 24.8. The van der Waals surface area contributed by atoms with Crippen LogP contribution in [0.15, 0.2) is 94.1 Å². The molecule has 0 atom stereocenters. The van der Waals surface area contributed by atoms with E-state index in [1.807, 2.05) is 36.4 Å². The lowest BCUT2D eigenvalue weighted by atomic mass is 10.1. The number of H-pyrrole nitrogens is 1. The second-order valence-electron chi connectivity index (χ2n) is 8.17. The number of hydrogen-bond acceptors (Lipinski definition) is 8. The van der Waals surface area contributed by atoms with Crippen molar-refractivity contribution in [2.24, 2.45) is 0 Å².